The molecule has 0 amide bonds. The Morgan fingerprint density at radius 3 is 2.60 bits per heavy atom. The van der Waals surface area contributed by atoms with Gasteiger partial charge in [0.15, 0.2) is 0 Å². The molecule has 0 saturated heterocycles. The Balaban J connectivity index is 2.29. The highest BCUT2D eigenvalue weighted by atomic mass is 19.1. The van der Waals surface area contributed by atoms with Gasteiger partial charge >= 0.3 is 0 Å². The zero-order valence-electron chi connectivity index (χ0n) is 11.7. The fourth-order valence-corrected chi connectivity index (χ4v) is 2.31. The Hall–Kier alpha value is -1.94. The van der Waals surface area contributed by atoms with Crippen LogP contribution < -0.4 is 10.6 Å². The molecular formula is C16H20FN3. The van der Waals surface area contributed by atoms with Crippen molar-refractivity contribution in [2.45, 2.75) is 19.9 Å². The molecule has 106 valence electrons. The van der Waals surface area contributed by atoms with Crippen molar-refractivity contribution in [1.82, 2.24) is 4.98 Å². The molecule has 0 aliphatic heterocycles. The van der Waals surface area contributed by atoms with Crippen molar-refractivity contribution in [3.05, 3.63) is 59.7 Å². The predicted octanol–water partition coefficient (Wildman–Crippen LogP) is 2.75. The van der Waals surface area contributed by atoms with Gasteiger partial charge in [-0.3, -0.25) is 4.98 Å². The Labute approximate surface area is 119 Å². The van der Waals surface area contributed by atoms with E-state index in [1.165, 1.54) is 6.07 Å². The minimum Gasteiger partial charge on any atom is -0.367 e. The molecule has 2 aromatic rings. The maximum Gasteiger partial charge on any atom is 0.128 e. The molecule has 0 atom stereocenters. The quantitative estimate of drug-likeness (QED) is 0.880. The van der Waals surface area contributed by atoms with Gasteiger partial charge in [-0.1, -0.05) is 6.07 Å². The first-order valence-corrected chi connectivity index (χ1v) is 6.87. The number of hydrogen-bond acceptors (Lipinski definition) is 3. The van der Waals surface area contributed by atoms with Crippen LogP contribution in [0.1, 0.15) is 18.1 Å². The maximum absolute atomic E-state index is 14.0. The number of rotatable bonds is 6. The summed E-state index contributed by atoms with van der Waals surface area (Å²) in [6.07, 6.45) is 4.10. The number of halogens is 1. The molecule has 1 aromatic heterocycles. The van der Waals surface area contributed by atoms with Crippen LogP contribution in [0.25, 0.3) is 0 Å². The van der Waals surface area contributed by atoms with Crippen molar-refractivity contribution in [3.8, 4) is 0 Å². The second kappa shape index (κ2) is 7.01. The highest BCUT2D eigenvalue weighted by Crippen LogP contribution is 2.25. The fourth-order valence-electron chi connectivity index (χ4n) is 2.31. The van der Waals surface area contributed by atoms with Gasteiger partial charge in [0, 0.05) is 36.7 Å². The molecule has 2 N–H and O–H groups in total. The van der Waals surface area contributed by atoms with Crippen LogP contribution in [0.5, 0.6) is 0 Å². The zero-order chi connectivity index (χ0) is 14.4. The number of nitrogens with zero attached hydrogens (tertiary/aromatic N) is 2. The molecule has 0 aliphatic rings. The maximum atomic E-state index is 14.0. The van der Waals surface area contributed by atoms with Crippen LogP contribution in [-0.4, -0.2) is 18.1 Å². The molecule has 0 bridgehead atoms. The van der Waals surface area contributed by atoms with Gasteiger partial charge in [-0.2, -0.15) is 0 Å². The van der Waals surface area contributed by atoms with E-state index in [0.717, 1.165) is 24.3 Å². The predicted molar refractivity (Wildman–Crippen MR) is 80.1 cm³/mol. The van der Waals surface area contributed by atoms with Gasteiger partial charge < -0.3 is 10.6 Å². The highest BCUT2D eigenvalue weighted by Gasteiger charge is 2.13. The SMILES string of the molecule is CCN(Cc1ccncc1)c1cccc(F)c1CCN. The standard InChI is InChI=1S/C16H20FN3/c1-2-20(12-13-7-10-19-11-8-13)16-5-3-4-15(17)14(16)6-9-18/h3-5,7-8,10-11H,2,6,9,12,18H2,1H3. The third-order valence-corrected chi connectivity index (χ3v) is 3.33. The van der Waals surface area contributed by atoms with Crippen molar-refractivity contribution < 1.29 is 4.39 Å². The largest absolute Gasteiger partial charge is 0.367 e. The van der Waals surface area contributed by atoms with Crippen LogP contribution in [0, 0.1) is 5.82 Å². The Morgan fingerprint density at radius 2 is 1.95 bits per heavy atom. The van der Waals surface area contributed by atoms with Crippen LogP contribution >= 0.6 is 0 Å². The van der Waals surface area contributed by atoms with Crippen LogP contribution in [0.15, 0.2) is 42.7 Å². The second-order valence-electron chi connectivity index (χ2n) is 4.65. The van der Waals surface area contributed by atoms with E-state index in [9.17, 15) is 4.39 Å². The summed E-state index contributed by atoms with van der Waals surface area (Å²) in [4.78, 5) is 6.17. The molecule has 3 nitrogen and oxygen atoms in total. The summed E-state index contributed by atoms with van der Waals surface area (Å²) < 4.78 is 14.0. The topological polar surface area (TPSA) is 42.2 Å². The van der Waals surface area contributed by atoms with E-state index in [2.05, 4.69) is 16.8 Å². The molecular weight excluding hydrogens is 253 g/mol. The molecule has 0 spiro atoms. The first-order chi connectivity index (χ1) is 9.76. The van der Waals surface area contributed by atoms with E-state index < -0.39 is 0 Å². The molecule has 0 fully saturated rings. The number of aromatic nitrogens is 1. The molecule has 1 heterocycles. The summed E-state index contributed by atoms with van der Waals surface area (Å²) in [5.41, 5.74) is 8.38. The molecule has 2 rings (SSSR count). The molecule has 0 aliphatic carbocycles. The van der Waals surface area contributed by atoms with E-state index in [-0.39, 0.29) is 5.82 Å². The van der Waals surface area contributed by atoms with Crippen LogP contribution in [-0.2, 0) is 13.0 Å². The lowest BCUT2D eigenvalue weighted by atomic mass is 10.1. The number of pyridine rings is 1. The van der Waals surface area contributed by atoms with Crippen molar-refractivity contribution in [2.75, 3.05) is 18.0 Å². The van der Waals surface area contributed by atoms with Crippen molar-refractivity contribution in [3.63, 3.8) is 0 Å². The lowest BCUT2D eigenvalue weighted by molar-refractivity contribution is 0.607. The van der Waals surface area contributed by atoms with Gasteiger partial charge in [-0.05, 0) is 49.7 Å². The van der Waals surface area contributed by atoms with E-state index in [1.54, 1.807) is 18.5 Å². The summed E-state index contributed by atoms with van der Waals surface area (Å²) in [5.74, 6) is -0.180. The molecule has 1 aromatic carbocycles. The summed E-state index contributed by atoms with van der Waals surface area (Å²) in [5, 5.41) is 0. The van der Waals surface area contributed by atoms with E-state index in [1.807, 2.05) is 18.2 Å². The van der Waals surface area contributed by atoms with Crippen molar-refractivity contribution in [1.29, 1.82) is 0 Å². The van der Waals surface area contributed by atoms with Crippen LogP contribution in [0.2, 0.25) is 0 Å². The van der Waals surface area contributed by atoms with Crippen molar-refractivity contribution >= 4 is 5.69 Å². The highest BCUT2D eigenvalue weighted by molar-refractivity contribution is 5.54. The Kier molecular flexibility index (Phi) is 5.07. The smallest absolute Gasteiger partial charge is 0.128 e. The molecule has 20 heavy (non-hydrogen) atoms. The molecule has 0 saturated carbocycles. The third-order valence-electron chi connectivity index (χ3n) is 3.33. The summed E-state index contributed by atoms with van der Waals surface area (Å²) in [6, 6.07) is 9.16. The first-order valence-electron chi connectivity index (χ1n) is 6.87. The Morgan fingerprint density at radius 1 is 1.20 bits per heavy atom. The third kappa shape index (κ3) is 3.33. The summed E-state index contributed by atoms with van der Waals surface area (Å²) in [6.45, 7) is 4.06. The zero-order valence-corrected chi connectivity index (χ0v) is 11.7. The second-order valence-corrected chi connectivity index (χ2v) is 4.65. The van der Waals surface area contributed by atoms with Crippen LogP contribution in [0.4, 0.5) is 10.1 Å². The first kappa shape index (κ1) is 14.5. The average molecular weight is 273 g/mol. The van der Waals surface area contributed by atoms with E-state index in [4.69, 9.17) is 5.73 Å². The van der Waals surface area contributed by atoms with E-state index >= 15 is 0 Å². The van der Waals surface area contributed by atoms with Gasteiger partial charge in [0.2, 0.25) is 0 Å². The van der Waals surface area contributed by atoms with Gasteiger partial charge in [0.1, 0.15) is 5.82 Å². The number of anilines is 1. The normalized spacial score (nSPS) is 10.6. The lowest BCUT2D eigenvalue weighted by Crippen LogP contribution is -2.24. The molecule has 0 unspecified atom stereocenters. The monoisotopic (exact) mass is 273 g/mol. The minimum absolute atomic E-state index is 0.180. The minimum atomic E-state index is -0.180. The van der Waals surface area contributed by atoms with Crippen molar-refractivity contribution in [2.24, 2.45) is 5.73 Å². The van der Waals surface area contributed by atoms with Crippen LogP contribution in [0.3, 0.4) is 0 Å². The number of benzene rings is 1. The van der Waals surface area contributed by atoms with Gasteiger partial charge in [-0.25, -0.2) is 4.39 Å². The molecule has 4 heteroatoms. The average Bonchev–Trinajstić information content (AvgIpc) is 2.48. The fraction of sp³-hybridized carbons (Fsp3) is 0.312. The van der Waals surface area contributed by atoms with Gasteiger partial charge in [0.25, 0.3) is 0 Å². The number of nitrogens with two attached hydrogens (primary N) is 1. The van der Waals surface area contributed by atoms with E-state index in [0.29, 0.717) is 18.5 Å². The summed E-state index contributed by atoms with van der Waals surface area (Å²) in [7, 11) is 0. The van der Waals surface area contributed by atoms with Gasteiger partial charge in [-0.15, -0.1) is 0 Å². The Bertz CT molecular complexity index is 543. The summed E-state index contributed by atoms with van der Waals surface area (Å²) >= 11 is 0. The van der Waals surface area contributed by atoms with Gasteiger partial charge in [0.05, 0.1) is 0 Å². The molecule has 0 radical (unpaired) electrons. The lowest BCUT2D eigenvalue weighted by Gasteiger charge is -2.26. The number of hydrogen-bond donors (Lipinski definition) is 1.